The summed E-state index contributed by atoms with van der Waals surface area (Å²) >= 11 is 0. The largest absolute Gasteiger partial charge is 0.393 e. The van der Waals surface area contributed by atoms with Crippen LogP contribution in [0.3, 0.4) is 0 Å². The van der Waals surface area contributed by atoms with Gasteiger partial charge in [-0.3, -0.25) is 0 Å². The van der Waals surface area contributed by atoms with Crippen molar-refractivity contribution in [1.29, 1.82) is 0 Å². The van der Waals surface area contributed by atoms with Crippen molar-refractivity contribution in [2.75, 3.05) is 13.2 Å². The minimum Gasteiger partial charge on any atom is -0.393 e. The molecule has 2 unspecified atom stereocenters. The minimum atomic E-state index is -3.72. The van der Waals surface area contributed by atoms with Crippen molar-refractivity contribution < 1.29 is 40.5 Å². The minimum absolute atomic E-state index is 0.0517. The molecule has 0 aliphatic carbocycles. The second-order valence-electron chi connectivity index (χ2n) is 3.41. The van der Waals surface area contributed by atoms with E-state index in [0.29, 0.717) is 6.42 Å². The standard InChI is InChI=1S/C8H18O8/c1-2-3-16-5(4-9)7(11,12)6(10)8(13,14)15/h5-6,9-15H,2-4H2,1H3. The van der Waals surface area contributed by atoms with Crippen LogP contribution in [0, 0.1) is 0 Å². The summed E-state index contributed by atoms with van der Waals surface area (Å²) in [4.78, 5) is 0. The molecule has 0 aromatic carbocycles. The lowest BCUT2D eigenvalue weighted by atomic mass is 10.0. The van der Waals surface area contributed by atoms with Crippen LogP contribution in [-0.4, -0.2) is 72.9 Å². The summed E-state index contributed by atoms with van der Waals surface area (Å²) in [5, 5.41) is 62.4. The van der Waals surface area contributed by atoms with Crippen molar-refractivity contribution in [3.8, 4) is 0 Å². The van der Waals surface area contributed by atoms with Crippen LogP contribution in [0.5, 0.6) is 0 Å². The summed E-state index contributed by atoms with van der Waals surface area (Å²) < 4.78 is 4.78. The summed E-state index contributed by atoms with van der Waals surface area (Å²) in [6.07, 6.45) is -3.92. The van der Waals surface area contributed by atoms with Crippen molar-refractivity contribution in [2.45, 2.75) is 37.3 Å². The summed E-state index contributed by atoms with van der Waals surface area (Å²) in [5.74, 6) is -6.92. The maximum absolute atomic E-state index is 9.35. The number of rotatable bonds is 7. The number of hydrogen-bond acceptors (Lipinski definition) is 8. The Morgan fingerprint density at radius 1 is 1.12 bits per heavy atom. The second kappa shape index (κ2) is 5.84. The molecule has 2 atom stereocenters. The molecule has 16 heavy (non-hydrogen) atoms. The highest BCUT2D eigenvalue weighted by atomic mass is 16.7. The van der Waals surface area contributed by atoms with Gasteiger partial charge in [0.2, 0.25) is 5.79 Å². The van der Waals surface area contributed by atoms with Gasteiger partial charge in [0.1, 0.15) is 6.10 Å². The molecule has 0 saturated carbocycles. The predicted molar refractivity (Wildman–Crippen MR) is 49.7 cm³/mol. The third-order valence-electron chi connectivity index (χ3n) is 1.93. The van der Waals surface area contributed by atoms with Gasteiger partial charge in [-0.15, -0.1) is 0 Å². The first-order valence-electron chi connectivity index (χ1n) is 4.70. The van der Waals surface area contributed by atoms with Crippen molar-refractivity contribution >= 4 is 0 Å². The van der Waals surface area contributed by atoms with Crippen molar-refractivity contribution in [3.05, 3.63) is 0 Å². The van der Waals surface area contributed by atoms with Gasteiger partial charge in [0.05, 0.1) is 6.61 Å². The average Bonchev–Trinajstić information content (AvgIpc) is 2.16. The predicted octanol–water partition coefficient (Wildman–Crippen LogP) is -3.55. The number of aliphatic hydroxyl groups excluding tert-OH is 2. The van der Waals surface area contributed by atoms with Crippen LogP contribution in [-0.2, 0) is 4.74 Å². The van der Waals surface area contributed by atoms with E-state index in [1.165, 1.54) is 0 Å². The smallest absolute Gasteiger partial charge is 0.308 e. The first kappa shape index (κ1) is 15.7. The zero-order valence-electron chi connectivity index (χ0n) is 8.81. The Bertz CT molecular complexity index is 199. The lowest BCUT2D eigenvalue weighted by Gasteiger charge is -2.36. The third-order valence-corrected chi connectivity index (χ3v) is 1.93. The molecule has 8 heteroatoms. The van der Waals surface area contributed by atoms with Gasteiger partial charge >= 0.3 is 5.97 Å². The molecule has 0 aromatic rings. The van der Waals surface area contributed by atoms with E-state index in [1.54, 1.807) is 6.92 Å². The van der Waals surface area contributed by atoms with Crippen LogP contribution in [0.1, 0.15) is 13.3 Å². The molecular weight excluding hydrogens is 224 g/mol. The Balaban J connectivity index is 4.71. The van der Waals surface area contributed by atoms with Gasteiger partial charge in [0.25, 0.3) is 0 Å². The van der Waals surface area contributed by atoms with Gasteiger partial charge in [0.15, 0.2) is 6.10 Å². The van der Waals surface area contributed by atoms with E-state index in [4.69, 9.17) is 30.3 Å². The Morgan fingerprint density at radius 3 is 1.94 bits per heavy atom. The summed E-state index contributed by atoms with van der Waals surface area (Å²) in [6.45, 7) is 0.881. The van der Waals surface area contributed by atoms with E-state index in [0.717, 1.165) is 0 Å². The van der Waals surface area contributed by atoms with Crippen LogP contribution < -0.4 is 0 Å². The fourth-order valence-corrected chi connectivity index (χ4v) is 1.03. The van der Waals surface area contributed by atoms with E-state index in [-0.39, 0.29) is 6.61 Å². The first-order chi connectivity index (χ1) is 7.17. The Hall–Kier alpha value is -0.320. The van der Waals surface area contributed by atoms with Gasteiger partial charge in [0, 0.05) is 6.61 Å². The molecule has 0 rings (SSSR count). The topological polar surface area (TPSA) is 151 Å². The Kier molecular flexibility index (Phi) is 5.73. The highest BCUT2D eigenvalue weighted by Gasteiger charge is 2.52. The molecule has 0 amide bonds. The SMILES string of the molecule is CCCOC(CO)C(O)(O)C(O)C(O)(O)O. The number of aliphatic hydroxyl groups is 7. The van der Waals surface area contributed by atoms with Crippen molar-refractivity contribution in [2.24, 2.45) is 0 Å². The molecule has 0 aliphatic heterocycles. The first-order valence-corrected chi connectivity index (χ1v) is 4.70. The second-order valence-corrected chi connectivity index (χ2v) is 3.41. The van der Waals surface area contributed by atoms with E-state index in [2.05, 4.69) is 0 Å². The zero-order valence-corrected chi connectivity index (χ0v) is 8.81. The quantitative estimate of drug-likeness (QED) is 0.227. The van der Waals surface area contributed by atoms with Crippen molar-refractivity contribution in [1.82, 2.24) is 0 Å². The van der Waals surface area contributed by atoms with E-state index >= 15 is 0 Å². The Labute approximate surface area is 92.0 Å². The fourth-order valence-electron chi connectivity index (χ4n) is 1.03. The van der Waals surface area contributed by atoms with Crippen LogP contribution in [0.15, 0.2) is 0 Å². The molecule has 98 valence electrons. The molecule has 0 bridgehead atoms. The number of ether oxygens (including phenoxy) is 1. The van der Waals surface area contributed by atoms with E-state index < -0.39 is 30.6 Å². The maximum Gasteiger partial charge on any atom is 0.308 e. The summed E-state index contributed by atoms with van der Waals surface area (Å²) in [7, 11) is 0. The van der Waals surface area contributed by atoms with Crippen LogP contribution in [0.4, 0.5) is 0 Å². The monoisotopic (exact) mass is 242 g/mol. The number of hydrogen-bond donors (Lipinski definition) is 7. The highest BCUT2D eigenvalue weighted by Crippen LogP contribution is 2.21. The molecule has 0 spiro atoms. The molecule has 0 saturated heterocycles. The van der Waals surface area contributed by atoms with Gasteiger partial charge in [-0.25, -0.2) is 0 Å². The molecule has 0 fully saturated rings. The lowest BCUT2D eigenvalue weighted by Crippen LogP contribution is -2.63. The molecule has 8 nitrogen and oxygen atoms in total. The molecule has 0 aromatic heterocycles. The van der Waals surface area contributed by atoms with Crippen LogP contribution in [0.25, 0.3) is 0 Å². The summed E-state index contributed by atoms with van der Waals surface area (Å²) in [5.41, 5.74) is 0. The molecule has 7 N–H and O–H groups in total. The highest BCUT2D eigenvalue weighted by molar-refractivity contribution is 4.87. The molecule has 0 radical (unpaired) electrons. The van der Waals surface area contributed by atoms with Gasteiger partial charge in [-0.05, 0) is 6.42 Å². The molecule has 0 aliphatic rings. The maximum atomic E-state index is 9.35. The molecular formula is C8H18O8. The van der Waals surface area contributed by atoms with Crippen LogP contribution in [0.2, 0.25) is 0 Å². The lowest BCUT2D eigenvalue weighted by molar-refractivity contribution is -0.418. The fraction of sp³-hybridized carbons (Fsp3) is 1.00. The van der Waals surface area contributed by atoms with Crippen molar-refractivity contribution in [3.63, 3.8) is 0 Å². The third kappa shape index (κ3) is 3.92. The van der Waals surface area contributed by atoms with Gasteiger partial charge in [-0.2, -0.15) is 0 Å². The van der Waals surface area contributed by atoms with Gasteiger partial charge < -0.3 is 40.5 Å². The Morgan fingerprint density at radius 2 is 1.62 bits per heavy atom. The zero-order chi connectivity index (χ0) is 13.0. The van der Waals surface area contributed by atoms with E-state index in [9.17, 15) is 10.2 Å². The molecule has 0 heterocycles. The average molecular weight is 242 g/mol. The summed E-state index contributed by atoms with van der Waals surface area (Å²) in [6, 6.07) is 0. The normalized spacial score (nSPS) is 17.2. The van der Waals surface area contributed by atoms with Gasteiger partial charge in [-0.1, -0.05) is 6.92 Å². The van der Waals surface area contributed by atoms with Crippen LogP contribution >= 0.6 is 0 Å². The van der Waals surface area contributed by atoms with E-state index in [1.807, 2.05) is 0 Å².